The monoisotopic (exact) mass is 307 g/mol. The van der Waals surface area contributed by atoms with Crippen LogP contribution in [-0.4, -0.2) is 31.2 Å². The van der Waals surface area contributed by atoms with Gasteiger partial charge in [0.1, 0.15) is 11.5 Å². The quantitative estimate of drug-likeness (QED) is 0.864. The summed E-state index contributed by atoms with van der Waals surface area (Å²) < 4.78 is 37.8. The van der Waals surface area contributed by atoms with Crippen LogP contribution < -0.4 is 10.2 Å². The first-order valence-electron chi connectivity index (χ1n) is 6.49. The highest BCUT2D eigenvalue weighted by atomic mass is 35.5. The zero-order chi connectivity index (χ0) is 13.5. The van der Waals surface area contributed by atoms with Gasteiger partial charge in [0, 0.05) is 25.0 Å². The third-order valence-electron chi connectivity index (χ3n) is 3.96. The van der Waals surface area contributed by atoms with Crippen LogP contribution in [0.1, 0.15) is 18.5 Å². The van der Waals surface area contributed by atoms with E-state index in [2.05, 4.69) is 10.3 Å². The lowest BCUT2D eigenvalue weighted by atomic mass is 9.74. The Balaban J connectivity index is 0.00000147. The summed E-state index contributed by atoms with van der Waals surface area (Å²) in [5, 5.41) is 3.36. The molecule has 0 aromatic carbocycles. The molecule has 2 fully saturated rings. The number of pyridine rings is 1. The molecule has 3 rings (SSSR count). The molecule has 1 N–H and O–H groups in total. The number of hydrogen-bond acceptors (Lipinski definition) is 3. The maximum atomic E-state index is 12.6. The lowest BCUT2D eigenvalue weighted by Crippen LogP contribution is -2.62. The van der Waals surface area contributed by atoms with Crippen LogP contribution in [-0.2, 0) is 6.18 Å². The van der Waals surface area contributed by atoms with Crippen molar-refractivity contribution in [1.82, 2.24) is 10.3 Å². The molecular weight excluding hydrogens is 291 g/mol. The molecular formula is C13H17ClF3N3. The number of anilines is 1. The average Bonchev–Trinajstić information content (AvgIpc) is 2.36. The Morgan fingerprint density at radius 1 is 1.25 bits per heavy atom. The summed E-state index contributed by atoms with van der Waals surface area (Å²) in [7, 11) is 0. The van der Waals surface area contributed by atoms with Crippen molar-refractivity contribution in [1.29, 1.82) is 0 Å². The molecule has 0 unspecified atom stereocenters. The van der Waals surface area contributed by atoms with Crippen molar-refractivity contribution < 1.29 is 13.2 Å². The van der Waals surface area contributed by atoms with E-state index in [0.717, 1.165) is 45.1 Å². The van der Waals surface area contributed by atoms with E-state index in [0.29, 0.717) is 5.82 Å². The van der Waals surface area contributed by atoms with Gasteiger partial charge in [-0.25, -0.2) is 4.98 Å². The number of nitrogens with zero attached hydrogens (tertiary/aromatic N) is 2. The SMILES string of the molecule is Cl.FC(F)(F)c1cccc(N2CC3(CCCNC3)C2)n1. The van der Waals surface area contributed by atoms with Gasteiger partial charge in [0.05, 0.1) is 0 Å². The van der Waals surface area contributed by atoms with Crippen molar-refractivity contribution in [2.75, 3.05) is 31.1 Å². The minimum atomic E-state index is -4.37. The van der Waals surface area contributed by atoms with Crippen molar-refractivity contribution in [3.05, 3.63) is 23.9 Å². The molecule has 0 bridgehead atoms. The van der Waals surface area contributed by atoms with Crippen LogP contribution in [0.4, 0.5) is 19.0 Å². The van der Waals surface area contributed by atoms with Gasteiger partial charge in [-0.3, -0.25) is 0 Å². The second-order valence-electron chi connectivity index (χ2n) is 5.52. The van der Waals surface area contributed by atoms with E-state index in [4.69, 9.17) is 0 Å². The van der Waals surface area contributed by atoms with E-state index in [1.165, 1.54) is 6.07 Å². The fourth-order valence-electron chi connectivity index (χ4n) is 2.98. The van der Waals surface area contributed by atoms with Gasteiger partial charge in [-0.05, 0) is 31.5 Å². The van der Waals surface area contributed by atoms with Crippen LogP contribution >= 0.6 is 12.4 Å². The van der Waals surface area contributed by atoms with Gasteiger partial charge in [-0.15, -0.1) is 12.4 Å². The average molecular weight is 308 g/mol. The van der Waals surface area contributed by atoms with Crippen molar-refractivity contribution in [3.63, 3.8) is 0 Å². The van der Waals surface area contributed by atoms with Gasteiger partial charge in [0.15, 0.2) is 0 Å². The molecule has 2 aliphatic heterocycles. The molecule has 1 aromatic heterocycles. The van der Waals surface area contributed by atoms with Crippen LogP contribution in [0, 0.1) is 5.41 Å². The molecule has 0 radical (unpaired) electrons. The third-order valence-corrected chi connectivity index (χ3v) is 3.96. The highest BCUT2D eigenvalue weighted by Gasteiger charge is 2.44. The molecule has 0 aliphatic carbocycles. The Kier molecular flexibility index (Phi) is 4.16. The van der Waals surface area contributed by atoms with Gasteiger partial charge in [0.2, 0.25) is 0 Å². The Hall–Kier alpha value is -1.01. The summed E-state index contributed by atoms with van der Waals surface area (Å²) in [6, 6.07) is 4.09. The first kappa shape index (κ1) is 15.4. The first-order valence-corrected chi connectivity index (χ1v) is 6.49. The minimum absolute atomic E-state index is 0. The van der Waals surface area contributed by atoms with E-state index >= 15 is 0 Å². The lowest BCUT2D eigenvalue weighted by molar-refractivity contribution is -0.141. The number of piperidine rings is 1. The normalized spacial score (nSPS) is 21.2. The molecule has 0 saturated carbocycles. The van der Waals surface area contributed by atoms with E-state index in [1.54, 1.807) is 6.07 Å². The zero-order valence-electron chi connectivity index (χ0n) is 10.9. The van der Waals surface area contributed by atoms with Crippen molar-refractivity contribution >= 4 is 18.2 Å². The minimum Gasteiger partial charge on any atom is -0.355 e. The summed E-state index contributed by atoms with van der Waals surface area (Å²) in [6.07, 6.45) is -2.08. The molecule has 0 amide bonds. The van der Waals surface area contributed by atoms with Crippen LogP contribution in [0.2, 0.25) is 0 Å². The summed E-state index contributed by atoms with van der Waals surface area (Å²) in [5.41, 5.74) is -0.568. The molecule has 112 valence electrons. The van der Waals surface area contributed by atoms with Crippen LogP contribution in [0.3, 0.4) is 0 Å². The van der Waals surface area contributed by atoms with Crippen LogP contribution in [0.25, 0.3) is 0 Å². The van der Waals surface area contributed by atoms with E-state index < -0.39 is 11.9 Å². The van der Waals surface area contributed by atoms with Crippen molar-refractivity contribution in [2.45, 2.75) is 19.0 Å². The van der Waals surface area contributed by atoms with Gasteiger partial charge >= 0.3 is 6.18 Å². The number of alkyl halides is 3. The largest absolute Gasteiger partial charge is 0.433 e. The number of nitrogens with one attached hydrogen (secondary N) is 1. The highest BCUT2D eigenvalue weighted by molar-refractivity contribution is 5.85. The van der Waals surface area contributed by atoms with Gasteiger partial charge in [-0.1, -0.05) is 6.07 Å². The predicted octanol–water partition coefficient (Wildman–Crippen LogP) is 2.71. The van der Waals surface area contributed by atoms with Crippen LogP contribution in [0.5, 0.6) is 0 Å². The summed E-state index contributed by atoms with van der Waals surface area (Å²) >= 11 is 0. The second-order valence-corrected chi connectivity index (χ2v) is 5.52. The Bertz CT molecular complexity index is 464. The molecule has 1 aromatic rings. The topological polar surface area (TPSA) is 28.2 Å². The molecule has 1 spiro atoms. The number of rotatable bonds is 1. The Labute approximate surface area is 122 Å². The van der Waals surface area contributed by atoms with Crippen molar-refractivity contribution in [2.24, 2.45) is 5.41 Å². The first-order chi connectivity index (χ1) is 8.99. The maximum absolute atomic E-state index is 12.6. The van der Waals surface area contributed by atoms with Crippen LogP contribution in [0.15, 0.2) is 18.2 Å². The fourth-order valence-corrected chi connectivity index (χ4v) is 2.98. The summed E-state index contributed by atoms with van der Waals surface area (Å²) in [5.74, 6) is 0.436. The van der Waals surface area contributed by atoms with E-state index in [1.807, 2.05) is 4.90 Å². The Morgan fingerprint density at radius 3 is 2.60 bits per heavy atom. The van der Waals surface area contributed by atoms with Gasteiger partial charge in [-0.2, -0.15) is 13.2 Å². The molecule has 7 heteroatoms. The lowest BCUT2D eigenvalue weighted by Gasteiger charge is -2.53. The molecule has 2 aliphatic rings. The number of hydrogen-bond donors (Lipinski definition) is 1. The highest BCUT2D eigenvalue weighted by Crippen LogP contribution is 2.39. The maximum Gasteiger partial charge on any atom is 0.433 e. The molecule has 3 heterocycles. The molecule has 2 saturated heterocycles. The Morgan fingerprint density at radius 2 is 2.00 bits per heavy atom. The summed E-state index contributed by atoms with van der Waals surface area (Å²) in [4.78, 5) is 5.66. The van der Waals surface area contributed by atoms with Crippen molar-refractivity contribution in [3.8, 4) is 0 Å². The second kappa shape index (κ2) is 5.41. The van der Waals surface area contributed by atoms with E-state index in [-0.39, 0.29) is 17.8 Å². The van der Waals surface area contributed by atoms with E-state index in [9.17, 15) is 13.2 Å². The summed E-state index contributed by atoms with van der Waals surface area (Å²) in [6.45, 7) is 3.61. The number of halogens is 4. The van der Waals surface area contributed by atoms with Gasteiger partial charge in [0.25, 0.3) is 0 Å². The molecule has 0 atom stereocenters. The van der Waals surface area contributed by atoms with Gasteiger partial charge < -0.3 is 10.2 Å². The molecule has 3 nitrogen and oxygen atoms in total. The smallest absolute Gasteiger partial charge is 0.355 e. The zero-order valence-corrected chi connectivity index (χ0v) is 11.7. The standard InChI is InChI=1S/C13H16F3N3.ClH/c14-13(15,16)10-3-1-4-11(18-10)19-8-12(9-19)5-2-6-17-7-12;/h1,3-4,17H,2,5-9H2;1H. The molecule has 20 heavy (non-hydrogen) atoms. The predicted molar refractivity (Wildman–Crippen MR) is 73.2 cm³/mol. The number of aromatic nitrogens is 1. The third kappa shape index (κ3) is 2.86. The fraction of sp³-hybridized carbons (Fsp3) is 0.615.